The van der Waals surface area contributed by atoms with Crippen LogP contribution in [0.25, 0.3) is 0 Å². The van der Waals surface area contributed by atoms with Crippen LogP contribution in [0.1, 0.15) is 49.9 Å². The van der Waals surface area contributed by atoms with Gasteiger partial charge < -0.3 is 26.0 Å². The molecule has 37 heavy (non-hydrogen) atoms. The molecule has 1 amide bonds. The van der Waals surface area contributed by atoms with E-state index >= 15 is 0 Å². The van der Waals surface area contributed by atoms with E-state index in [0.717, 1.165) is 38.9 Å². The topological polar surface area (TPSA) is 138 Å². The number of morpholine rings is 1. The third-order valence-corrected chi connectivity index (χ3v) is 7.86. The number of anilines is 2. The number of ether oxygens (including phenoxy) is 1. The van der Waals surface area contributed by atoms with E-state index in [4.69, 9.17) is 4.74 Å². The molecule has 12 heteroatoms. The number of amides is 1. The normalized spacial score (nSPS) is 19.2. The molecule has 3 rings (SSSR count). The molecule has 0 bridgehead atoms. The Morgan fingerprint density at radius 2 is 2.08 bits per heavy atom. The highest BCUT2D eigenvalue weighted by atomic mass is 32.2. The first-order valence-electron chi connectivity index (χ1n) is 12.9. The fraction of sp³-hybridized carbons (Fsp3) is 0.560. The molecule has 1 aromatic heterocycles. The van der Waals surface area contributed by atoms with Crippen LogP contribution in [-0.4, -0.2) is 80.6 Å². The zero-order chi connectivity index (χ0) is 26.7. The maximum absolute atomic E-state index is 13.3. The fourth-order valence-electron chi connectivity index (χ4n) is 3.89. The van der Waals surface area contributed by atoms with Crippen molar-refractivity contribution in [3.05, 3.63) is 47.2 Å². The molecule has 2 aliphatic heterocycles. The van der Waals surface area contributed by atoms with Crippen molar-refractivity contribution in [3.63, 3.8) is 0 Å². The summed E-state index contributed by atoms with van der Waals surface area (Å²) in [4.78, 5) is 22.1. The predicted octanol–water partition coefficient (Wildman–Crippen LogP) is 2.22. The lowest BCUT2D eigenvalue weighted by atomic mass is 10.2. The standard InChI is InChI=1S/C25H39N7O4S/c1-4-6-11-27-25-28-18-22(23(31-25)29-21-10-12-26-17-21)24(33)30-20(7-5-2)9-8-19(3)37(34,35)32-13-15-36-16-14-32/h7-9,18,21,26H,3-6,10-17H2,1-2H3,(H,30,33)(H2,27,28,29,31). The molecular weight excluding hydrogens is 494 g/mol. The van der Waals surface area contributed by atoms with Crippen LogP contribution < -0.4 is 21.3 Å². The van der Waals surface area contributed by atoms with Gasteiger partial charge in [0.15, 0.2) is 0 Å². The van der Waals surface area contributed by atoms with Gasteiger partial charge in [-0.25, -0.2) is 13.4 Å². The third-order valence-electron chi connectivity index (χ3n) is 6.02. The summed E-state index contributed by atoms with van der Waals surface area (Å²) in [5.74, 6) is 0.534. The van der Waals surface area contributed by atoms with Gasteiger partial charge in [0, 0.05) is 44.1 Å². The number of nitrogens with one attached hydrogen (secondary N) is 4. The SMILES string of the molecule is C=C(C=CC(=CCC)NC(=O)c1cnc(NCCCC)nc1NC1CCNC1)S(=O)(=O)N1CCOCC1. The van der Waals surface area contributed by atoms with Gasteiger partial charge in [0.1, 0.15) is 11.4 Å². The van der Waals surface area contributed by atoms with Gasteiger partial charge in [-0.2, -0.15) is 9.29 Å². The second kappa shape index (κ2) is 14.2. The average Bonchev–Trinajstić information content (AvgIpc) is 3.41. The number of hydrogen-bond donors (Lipinski definition) is 4. The van der Waals surface area contributed by atoms with Crippen LogP contribution in [0.2, 0.25) is 0 Å². The van der Waals surface area contributed by atoms with Crippen molar-refractivity contribution in [1.82, 2.24) is 24.9 Å². The maximum Gasteiger partial charge on any atom is 0.260 e. The van der Waals surface area contributed by atoms with E-state index in [-0.39, 0.29) is 16.9 Å². The molecule has 4 N–H and O–H groups in total. The highest BCUT2D eigenvalue weighted by Gasteiger charge is 2.26. The number of hydrogen-bond acceptors (Lipinski definition) is 9. The summed E-state index contributed by atoms with van der Waals surface area (Å²) in [6, 6.07) is 0.157. The average molecular weight is 534 g/mol. The third kappa shape index (κ3) is 8.35. The highest BCUT2D eigenvalue weighted by molar-refractivity contribution is 7.93. The van der Waals surface area contributed by atoms with Crippen LogP contribution in [0.4, 0.5) is 11.8 Å². The van der Waals surface area contributed by atoms with Crippen LogP contribution in [0.5, 0.6) is 0 Å². The Morgan fingerprint density at radius 1 is 1.30 bits per heavy atom. The van der Waals surface area contributed by atoms with Crippen molar-refractivity contribution in [2.24, 2.45) is 0 Å². The maximum atomic E-state index is 13.3. The molecule has 11 nitrogen and oxygen atoms in total. The Morgan fingerprint density at radius 3 is 2.76 bits per heavy atom. The number of allylic oxidation sites excluding steroid dienone is 3. The summed E-state index contributed by atoms with van der Waals surface area (Å²) in [6.07, 6.45) is 9.88. The Hall–Kier alpha value is -2.80. The number of carbonyl (C=O) groups excluding carboxylic acids is 1. The lowest BCUT2D eigenvalue weighted by Gasteiger charge is -2.26. The number of carbonyl (C=O) groups is 1. The Kier molecular flexibility index (Phi) is 11.1. The van der Waals surface area contributed by atoms with E-state index in [1.54, 1.807) is 12.2 Å². The molecular formula is C25H39N7O4S. The van der Waals surface area contributed by atoms with Crippen LogP contribution in [-0.2, 0) is 14.8 Å². The summed E-state index contributed by atoms with van der Waals surface area (Å²) in [7, 11) is -3.70. The van der Waals surface area contributed by atoms with Gasteiger partial charge in [-0.05, 0) is 38.0 Å². The summed E-state index contributed by atoms with van der Waals surface area (Å²) in [5.41, 5.74) is 0.771. The molecule has 0 radical (unpaired) electrons. The summed E-state index contributed by atoms with van der Waals surface area (Å²) < 4.78 is 32.2. The number of aromatic nitrogens is 2. The molecule has 1 unspecified atom stereocenters. The second-order valence-electron chi connectivity index (χ2n) is 8.91. The van der Waals surface area contributed by atoms with E-state index in [1.165, 1.54) is 16.6 Å². The lowest BCUT2D eigenvalue weighted by molar-refractivity contribution is 0.0734. The predicted molar refractivity (Wildman–Crippen MR) is 146 cm³/mol. The summed E-state index contributed by atoms with van der Waals surface area (Å²) in [5, 5.41) is 12.7. The smallest absolute Gasteiger partial charge is 0.260 e. The van der Waals surface area contributed by atoms with E-state index < -0.39 is 10.0 Å². The van der Waals surface area contributed by atoms with Crippen molar-refractivity contribution < 1.29 is 17.9 Å². The van der Waals surface area contributed by atoms with Crippen molar-refractivity contribution in [2.45, 2.75) is 45.6 Å². The zero-order valence-corrected chi connectivity index (χ0v) is 22.6. The quantitative estimate of drug-likeness (QED) is 0.222. The van der Waals surface area contributed by atoms with Gasteiger partial charge in [0.25, 0.3) is 5.91 Å². The van der Waals surface area contributed by atoms with Gasteiger partial charge in [-0.15, -0.1) is 0 Å². The van der Waals surface area contributed by atoms with Gasteiger partial charge in [-0.1, -0.05) is 32.9 Å². The van der Waals surface area contributed by atoms with Crippen molar-refractivity contribution in [3.8, 4) is 0 Å². The van der Waals surface area contributed by atoms with Crippen molar-refractivity contribution in [2.75, 3.05) is 56.6 Å². The molecule has 204 valence electrons. The van der Waals surface area contributed by atoms with Crippen molar-refractivity contribution in [1.29, 1.82) is 0 Å². The van der Waals surface area contributed by atoms with E-state index in [2.05, 4.69) is 44.7 Å². The van der Waals surface area contributed by atoms with Gasteiger partial charge in [0.2, 0.25) is 16.0 Å². The van der Waals surface area contributed by atoms with E-state index in [0.29, 0.717) is 55.8 Å². The molecule has 2 fully saturated rings. The monoisotopic (exact) mass is 533 g/mol. The first-order valence-corrected chi connectivity index (χ1v) is 14.3. The Bertz CT molecular complexity index is 1090. The van der Waals surface area contributed by atoms with E-state index in [1.807, 2.05) is 6.92 Å². The highest BCUT2D eigenvalue weighted by Crippen LogP contribution is 2.19. The molecule has 1 atom stereocenters. The molecule has 1 aromatic rings. The number of unbranched alkanes of at least 4 members (excludes halogenated alkanes) is 1. The molecule has 0 spiro atoms. The van der Waals surface area contributed by atoms with Gasteiger partial charge in [0.05, 0.1) is 18.1 Å². The molecule has 2 saturated heterocycles. The molecule has 2 aliphatic rings. The van der Waals surface area contributed by atoms with Crippen molar-refractivity contribution >= 4 is 27.7 Å². The number of nitrogens with zero attached hydrogens (tertiary/aromatic N) is 3. The first-order chi connectivity index (χ1) is 17.8. The molecule has 0 aromatic carbocycles. The van der Waals surface area contributed by atoms with Crippen LogP contribution >= 0.6 is 0 Å². The summed E-state index contributed by atoms with van der Waals surface area (Å²) in [6.45, 7) is 11.5. The largest absolute Gasteiger partial charge is 0.379 e. The molecule has 0 aliphatic carbocycles. The van der Waals surface area contributed by atoms with Crippen LogP contribution in [0.15, 0.2) is 41.6 Å². The Labute approximate surface area is 219 Å². The van der Waals surface area contributed by atoms with Crippen LogP contribution in [0.3, 0.4) is 0 Å². The fourth-order valence-corrected chi connectivity index (χ4v) is 5.09. The number of sulfonamides is 1. The molecule has 0 saturated carbocycles. The minimum Gasteiger partial charge on any atom is -0.379 e. The summed E-state index contributed by atoms with van der Waals surface area (Å²) >= 11 is 0. The van der Waals surface area contributed by atoms with Gasteiger partial charge >= 0.3 is 0 Å². The van der Waals surface area contributed by atoms with E-state index in [9.17, 15) is 13.2 Å². The van der Waals surface area contributed by atoms with Crippen LogP contribution in [0, 0.1) is 0 Å². The second-order valence-corrected chi connectivity index (χ2v) is 10.9. The Balaban J connectivity index is 1.75. The lowest BCUT2D eigenvalue weighted by Crippen LogP contribution is -2.40. The minimum atomic E-state index is -3.70. The van der Waals surface area contributed by atoms with Gasteiger partial charge in [-0.3, -0.25) is 4.79 Å². The number of rotatable bonds is 13. The first kappa shape index (κ1) is 28.8. The molecule has 3 heterocycles. The zero-order valence-electron chi connectivity index (χ0n) is 21.8. The minimum absolute atomic E-state index is 0.0485.